The molecule has 0 spiro atoms. The fourth-order valence-corrected chi connectivity index (χ4v) is 4.45. The summed E-state index contributed by atoms with van der Waals surface area (Å²) in [6.07, 6.45) is 1.52. The number of ether oxygens (including phenoxy) is 3. The van der Waals surface area contributed by atoms with Crippen LogP contribution >= 0.6 is 46.4 Å². The first-order chi connectivity index (χ1) is 19.3. The van der Waals surface area contributed by atoms with Gasteiger partial charge in [-0.05, 0) is 79.2 Å². The van der Waals surface area contributed by atoms with Crippen LogP contribution in [-0.2, 0) is 13.2 Å². The number of carbonyl (C=O) groups is 1. The number of carbonyl (C=O) groups excluding carboxylic acids is 1. The first-order valence-corrected chi connectivity index (χ1v) is 13.7. The van der Waals surface area contributed by atoms with Crippen LogP contribution in [0, 0.1) is 0 Å². The van der Waals surface area contributed by atoms with E-state index in [1.165, 1.54) is 6.21 Å². The van der Waals surface area contributed by atoms with E-state index in [2.05, 4.69) is 10.5 Å². The smallest absolute Gasteiger partial charge is 0.271 e. The van der Waals surface area contributed by atoms with Crippen LogP contribution in [0.25, 0.3) is 0 Å². The third kappa shape index (κ3) is 8.29. The van der Waals surface area contributed by atoms with E-state index in [-0.39, 0.29) is 19.1 Å². The number of halogens is 4. The van der Waals surface area contributed by atoms with E-state index in [9.17, 15) is 4.79 Å². The first-order valence-electron chi connectivity index (χ1n) is 12.2. The molecule has 0 radical (unpaired) electrons. The molecular weight excluding hydrogens is 594 g/mol. The summed E-state index contributed by atoms with van der Waals surface area (Å²) in [5, 5.41) is 6.24. The van der Waals surface area contributed by atoms with Crippen molar-refractivity contribution in [2.45, 2.75) is 20.1 Å². The minimum atomic E-state index is -0.367. The minimum Gasteiger partial charge on any atom is -0.490 e. The molecule has 4 aromatic carbocycles. The average Bonchev–Trinajstić information content (AvgIpc) is 2.93. The molecule has 10 heteroatoms. The lowest BCUT2D eigenvalue weighted by atomic mass is 10.2. The van der Waals surface area contributed by atoms with Crippen molar-refractivity contribution in [2.24, 2.45) is 5.10 Å². The van der Waals surface area contributed by atoms with Crippen LogP contribution in [0.2, 0.25) is 20.1 Å². The molecule has 0 aromatic heterocycles. The number of amides is 1. The highest BCUT2D eigenvalue weighted by molar-refractivity contribution is 6.35. The zero-order chi connectivity index (χ0) is 28.5. The molecule has 0 bridgehead atoms. The second-order valence-corrected chi connectivity index (χ2v) is 10.1. The number of nitrogens with one attached hydrogen (secondary N) is 1. The van der Waals surface area contributed by atoms with Crippen molar-refractivity contribution in [3.8, 4) is 17.2 Å². The van der Waals surface area contributed by atoms with E-state index >= 15 is 0 Å². The van der Waals surface area contributed by atoms with Gasteiger partial charge in [0.1, 0.15) is 19.0 Å². The standard InChI is InChI=1S/C30H24Cl4N2O4/c1-2-38-29-13-19(3-12-28(29)40-18-22-5-9-24(32)15-27(22)34)16-35-36-30(37)20-6-10-25(11-7-20)39-17-21-4-8-23(31)14-26(21)33/h3-16H,2,17-18H2,1H3,(H,36,37)/b35-16-. The molecule has 0 saturated heterocycles. The van der Waals surface area contributed by atoms with Crippen molar-refractivity contribution in [1.82, 2.24) is 5.43 Å². The Labute approximate surface area is 252 Å². The van der Waals surface area contributed by atoms with Crippen LogP contribution < -0.4 is 19.6 Å². The highest BCUT2D eigenvalue weighted by atomic mass is 35.5. The Morgan fingerprint density at radius 3 is 1.98 bits per heavy atom. The summed E-state index contributed by atoms with van der Waals surface area (Å²) in [7, 11) is 0. The SMILES string of the molecule is CCOc1cc(/C=N\NC(=O)c2ccc(OCc3ccc(Cl)cc3Cl)cc2)ccc1OCc1ccc(Cl)cc1Cl. The molecule has 6 nitrogen and oxygen atoms in total. The Morgan fingerprint density at radius 1 is 0.750 bits per heavy atom. The van der Waals surface area contributed by atoms with Crippen molar-refractivity contribution < 1.29 is 19.0 Å². The summed E-state index contributed by atoms with van der Waals surface area (Å²) in [6, 6.07) is 22.5. The van der Waals surface area contributed by atoms with Gasteiger partial charge in [0.25, 0.3) is 5.91 Å². The van der Waals surface area contributed by atoms with Gasteiger partial charge in [-0.15, -0.1) is 0 Å². The first kappa shape index (κ1) is 29.6. The molecule has 4 aromatic rings. The Kier molecular flexibility index (Phi) is 10.6. The number of hydrogen-bond acceptors (Lipinski definition) is 5. The van der Waals surface area contributed by atoms with Crippen LogP contribution in [0.15, 0.2) is 84.0 Å². The molecule has 0 aliphatic rings. The van der Waals surface area contributed by atoms with Gasteiger partial charge in [0.2, 0.25) is 0 Å². The van der Waals surface area contributed by atoms with Crippen LogP contribution in [0.3, 0.4) is 0 Å². The van der Waals surface area contributed by atoms with E-state index < -0.39 is 0 Å². The van der Waals surface area contributed by atoms with Crippen molar-refractivity contribution in [3.05, 3.63) is 121 Å². The third-order valence-corrected chi connectivity index (χ3v) is 6.75. The van der Waals surface area contributed by atoms with Gasteiger partial charge < -0.3 is 14.2 Å². The quantitative estimate of drug-likeness (QED) is 0.135. The normalized spacial score (nSPS) is 10.9. The molecule has 1 amide bonds. The van der Waals surface area contributed by atoms with E-state index in [1.807, 2.05) is 13.0 Å². The molecule has 0 unspecified atom stereocenters. The van der Waals surface area contributed by atoms with Gasteiger partial charge in [0.15, 0.2) is 11.5 Å². The summed E-state index contributed by atoms with van der Waals surface area (Å²) in [5.41, 5.74) is 5.27. The molecule has 0 aliphatic carbocycles. The second kappa shape index (κ2) is 14.3. The van der Waals surface area contributed by atoms with Crippen LogP contribution in [-0.4, -0.2) is 18.7 Å². The fraction of sp³-hybridized carbons (Fsp3) is 0.133. The monoisotopic (exact) mass is 616 g/mol. The maximum absolute atomic E-state index is 12.5. The van der Waals surface area contributed by atoms with Crippen molar-refractivity contribution in [3.63, 3.8) is 0 Å². The predicted octanol–water partition coefficient (Wildman–Crippen LogP) is 8.62. The summed E-state index contributed by atoms with van der Waals surface area (Å²) in [6.45, 7) is 2.85. The lowest BCUT2D eigenvalue weighted by Crippen LogP contribution is -2.17. The van der Waals surface area contributed by atoms with Gasteiger partial charge in [-0.3, -0.25) is 4.79 Å². The van der Waals surface area contributed by atoms with Gasteiger partial charge in [-0.1, -0.05) is 58.5 Å². The lowest BCUT2D eigenvalue weighted by molar-refractivity contribution is 0.0955. The molecule has 1 N–H and O–H groups in total. The lowest BCUT2D eigenvalue weighted by Gasteiger charge is -2.13. The fourth-order valence-electron chi connectivity index (χ4n) is 3.52. The topological polar surface area (TPSA) is 69.2 Å². The number of nitrogens with zero attached hydrogens (tertiary/aromatic N) is 1. The predicted molar refractivity (Wildman–Crippen MR) is 161 cm³/mol. The van der Waals surface area contributed by atoms with Gasteiger partial charge in [-0.25, -0.2) is 5.43 Å². The molecule has 0 saturated carbocycles. The second-order valence-electron chi connectivity index (χ2n) is 8.41. The molecule has 0 atom stereocenters. The minimum absolute atomic E-state index is 0.248. The zero-order valence-electron chi connectivity index (χ0n) is 21.3. The largest absolute Gasteiger partial charge is 0.490 e. The molecule has 4 rings (SSSR count). The van der Waals surface area contributed by atoms with Gasteiger partial charge in [0.05, 0.1) is 12.8 Å². The van der Waals surface area contributed by atoms with E-state index in [0.29, 0.717) is 55.1 Å². The molecule has 0 heterocycles. The van der Waals surface area contributed by atoms with Crippen molar-refractivity contribution in [1.29, 1.82) is 0 Å². The number of hydrazone groups is 1. The Morgan fingerprint density at radius 2 is 1.38 bits per heavy atom. The summed E-state index contributed by atoms with van der Waals surface area (Å²) >= 11 is 24.3. The Balaban J connectivity index is 1.32. The summed E-state index contributed by atoms with van der Waals surface area (Å²) in [4.78, 5) is 12.5. The van der Waals surface area contributed by atoms with Crippen LogP contribution in [0.5, 0.6) is 17.2 Å². The summed E-state index contributed by atoms with van der Waals surface area (Å²) in [5.74, 6) is 1.32. The van der Waals surface area contributed by atoms with Crippen LogP contribution in [0.1, 0.15) is 34.0 Å². The van der Waals surface area contributed by atoms with E-state index in [4.69, 9.17) is 60.6 Å². The number of benzene rings is 4. The number of hydrogen-bond donors (Lipinski definition) is 1. The maximum Gasteiger partial charge on any atom is 0.271 e. The zero-order valence-corrected chi connectivity index (χ0v) is 24.3. The van der Waals surface area contributed by atoms with Crippen molar-refractivity contribution >= 4 is 58.5 Å². The molecular formula is C30H24Cl4N2O4. The van der Waals surface area contributed by atoms with Gasteiger partial charge in [-0.2, -0.15) is 5.10 Å². The molecule has 0 fully saturated rings. The van der Waals surface area contributed by atoms with Gasteiger partial charge in [0, 0.05) is 36.8 Å². The Bertz CT molecular complexity index is 1510. The maximum atomic E-state index is 12.5. The summed E-state index contributed by atoms with van der Waals surface area (Å²) < 4.78 is 17.4. The van der Waals surface area contributed by atoms with Crippen LogP contribution in [0.4, 0.5) is 0 Å². The van der Waals surface area contributed by atoms with E-state index in [0.717, 1.165) is 11.1 Å². The molecule has 206 valence electrons. The molecule has 0 aliphatic heterocycles. The van der Waals surface area contributed by atoms with Crippen molar-refractivity contribution in [2.75, 3.05) is 6.61 Å². The highest BCUT2D eigenvalue weighted by Gasteiger charge is 2.10. The highest BCUT2D eigenvalue weighted by Crippen LogP contribution is 2.30. The van der Waals surface area contributed by atoms with Gasteiger partial charge >= 0.3 is 0 Å². The third-order valence-electron chi connectivity index (χ3n) is 5.57. The molecule has 40 heavy (non-hydrogen) atoms. The van der Waals surface area contributed by atoms with E-state index in [1.54, 1.807) is 72.8 Å². The Hall–Kier alpha value is -3.42. The number of rotatable bonds is 11. The average molecular weight is 618 g/mol.